The number of anilines is 1. The van der Waals surface area contributed by atoms with E-state index in [9.17, 15) is 9.59 Å². The zero-order chi connectivity index (χ0) is 23.3. The van der Waals surface area contributed by atoms with E-state index >= 15 is 0 Å². The molecule has 3 aromatic carbocycles. The molecule has 0 unspecified atom stereocenters. The smallest absolute Gasteiger partial charge is 0.265 e. The second-order valence-electron chi connectivity index (χ2n) is 9.01. The number of benzene rings is 3. The van der Waals surface area contributed by atoms with E-state index in [1.807, 2.05) is 62.4 Å². The molecule has 0 aliphatic heterocycles. The molecule has 3 aromatic rings. The maximum Gasteiger partial charge on any atom is 0.265 e. The van der Waals surface area contributed by atoms with Crippen molar-refractivity contribution in [1.82, 2.24) is 0 Å². The third kappa shape index (κ3) is 5.64. The summed E-state index contributed by atoms with van der Waals surface area (Å²) in [6.45, 7) is 10.3. The second-order valence-corrected chi connectivity index (χ2v) is 9.01. The van der Waals surface area contributed by atoms with Crippen LogP contribution in [0.2, 0.25) is 0 Å². The number of rotatable bonds is 7. The Labute approximate surface area is 190 Å². The summed E-state index contributed by atoms with van der Waals surface area (Å²) < 4.78 is 5.94. The number of hydrogen-bond donors (Lipinski definition) is 1. The molecular weight excluding hydrogens is 398 g/mol. The van der Waals surface area contributed by atoms with Crippen molar-refractivity contribution in [3.63, 3.8) is 0 Å². The summed E-state index contributed by atoms with van der Waals surface area (Å²) in [6.07, 6.45) is -0.0979. The minimum Gasteiger partial charge on any atom is -0.480 e. The molecule has 0 saturated heterocycles. The molecule has 0 aromatic heterocycles. The van der Waals surface area contributed by atoms with E-state index in [2.05, 4.69) is 26.1 Å². The molecule has 0 saturated carbocycles. The number of carbonyl (C=O) groups excluding carboxylic acids is 2. The fraction of sp³-hybridized carbons (Fsp3) is 0.286. The SMILES string of the molecule is CC[C@H](Oc1ccccc1C)C(=O)Nc1cccc(C(=O)c2ccc(C(C)(C)C)cc2)c1. The quantitative estimate of drug-likeness (QED) is 0.447. The van der Waals surface area contributed by atoms with Gasteiger partial charge in [0.25, 0.3) is 5.91 Å². The van der Waals surface area contributed by atoms with Crippen LogP contribution in [0.3, 0.4) is 0 Å². The molecule has 32 heavy (non-hydrogen) atoms. The van der Waals surface area contributed by atoms with Gasteiger partial charge in [-0.15, -0.1) is 0 Å². The van der Waals surface area contributed by atoms with Crippen LogP contribution < -0.4 is 10.1 Å². The maximum atomic E-state index is 13.0. The van der Waals surface area contributed by atoms with Crippen molar-refractivity contribution in [3.8, 4) is 5.75 Å². The number of para-hydroxylation sites is 1. The third-order valence-corrected chi connectivity index (χ3v) is 5.43. The van der Waals surface area contributed by atoms with Crippen LogP contribution in [0, 0.1) is 6.92 Å². The van der Waals surface area contributed by atoms with E-state index < -0.39 is 6.10 Å². The lowest BCUT2D eigenvalue weighted by Crippen LogP contribution is -2.32. The van der Waals surface area contributed by atoms with Crippen LogP contribution in [0.4, 0.5) is 5.69 Å². The Kier molecular flexibility index (Phi) is 7.14. The summed E-state index contributed by atoms with van der Waals surface area (Å²) >= 11 is 0. The molecule has 0 spiro atoms. The van der Waals surface area contributed by atoms with Crippen LogP contribution in [0.15, 0.2) is 72.8 Å². The van der Waals surface area contributed by atoms with Crippen LogP contribution in [0.5, 0.6) is 5.75 Å². The van der Waals surface area contributed by atoms with Crippen molar-refractivity contribution >= 4 is 17.4 Å². The summed E-state index contributed by atoms with van der Waals surface area (Å²) in [5.74, 6) is 0.372. The van der Waals surface area contributed by atoms with Gasteiger partial charge in [0.05, 0.1) is 0 Å². The summed E-state index contributed by atoms with van der Waals surface area (Å²) in [7, 11) is 0. The van der Waals surface area contributed by atoms with Gasteiger partial charge in [-0.05, 0) is 48.1 Å². The van der Waals surface area contributed by atoms with Gasteiger partial charge in [-0.25, -0.2) is 0 Å². The standard InChI is InChI=1S/C28H31NO3/c1-6-24(32-25-13-8-7-10-19(25)2)27(31)29-23-12-9-11-21(18-23)26(30)20-14-16-22(17-15-20)28(3,4)5/h7-18,24H,6H2,1-5H3,(H,29,31)/t24-/m0/s1. The highest BCUT2D eigenvalue weighted by atomic mass is 16.5. The minimum absolute atomic E-state index is 0.0297. The van der Waals surface area contributed by atoms with Crippen molar-refractivity contribution < 1.29 is 14.3 Å². The number of ketones is 1. The topological polar surface area (TPSA) is 55.4 Å². The monoisotopic (exact) mass is 429 g/mol. The molecule has 1 N–H and O–H groups in total. The van der Waals surface area contributed by atoms with Gasteiger partial charge in [-0.3, -0.25) is 9.59 Å². The number of aryl methyl sites for hydroxylation is 1. The molecule has 1 amide bonds. The highest BCUT2D eigenvalue weighted by molar-refractivity contribution is 6.09. The molecule has 4 nitrogen and oxygen atoms in total. The Morgan fingerprint density at radius 2 is 1.59 bits per heavy atom. The first kappa shape index (κ1) is 23.3. The minimum atomic E-state index is -0.625. The van der Waals surface area contributed by atoms with Crippen LogP contribution in [-0.4, -0.2) is 17.8 Å². The fourth-order valence-corrected chi connectivity index (χ4v) is 3.41. The van der Waals surface area contributed by atoms with E-state index in [4.69, 9.17) is 4.74 Å². The molecule has 0 heterocycles. The molecule has 1 atom stereocenters. The Morgan fingerprint density at radius 3 is 2.22 bits per heavy atom. The van der Waals surface area contributed by atoms with Crippen LogP contribution in [0.25, 0.3) is 0 Å². The first-order valence-electron chi connectivity index (χ1n) is 11.0. The van der Waals surface area contributed by atoms with Gasteiger partial charge in [0.15, 0.2) is 11.9 Å². The Hall–Kier alpha value is -3.40. The van der Waals surface area contributed by atoms with Crippen LogP contribution >= 0.6 is 0 Å². The van der Waals surface area contributed by atoms with Gasteiger partial charge >= 0.3 is 0 Å². The third-order valence-electron chi connectivity index (χ3n) is 5.43. The van der Waals surface area contributed by atoms with Gasteiger partial charge in [-0.1, -0.05) is 82.3 Å². The van der Waals surface area contributed by atoms with Gasteiger partial charge in [0.1, 0.15) is 5.75 Å². The van der Waals surface area contributed by atoms with E-state index in [1.54, 1.807) is 24.3 Å². The predicted molar refractivity (Wildman–Crippen MR) is 130 cm³/mol. The summed E-state index contributed by atoms with van der Waals surface area (Å²) in [5, 5.41) is 2.89. The Bertz CT molecular complexity index is 1090. The number of amides is 1. The largest absolute Gasteiger partial charge is 0.480 e. The molecular formula is C28H31NO3. The fourth-order valence-electron chi connectivity index (χ4n) is 3.41. The van der Waals surface area contributed by atoms with Crippen molar-refractivity contribution in [1.29, 1.82) is 0 Å². The molecule has 0 aliphatic rings. The van der Waals surface area contributed by atoms with E-state index in [0.717, 1.165) is 5.56 Å². The molecule has 166 valence electrons. The summed E-state index contributed by atoms with van der Waals surface area (Å²) in [5.41, 5.74) is 3.90. The first-order valence-corrected chi connectivity index (χ1v) is 11.0. The molecule has 0 aliphatic carbocycles. The van der Waals surface area contributed by atoms with Gasteiger partial charge in [0, 0.05) is 16.8 Å². The molecule has 4 heteroatoms. The maximum absolute atomic E-state index is 13.0. The van der Waals surface area contributed by atoms with Crippen molar-refractivity contribution in [2.24, 2.45) is 0 Å². The van der Waals surface area contributed by atoms with Gasteiger partial charge in [0.2, 0.25) is 0 Å². The average molecular weight is 430 g/mol. The second kappa shape index (κ2) is 9.82. The van der Waals surface area contributed by atoms with Crippen molar-refractivity contribution in [2.75, 3.05) is 5.32 Å². The van der Waals surface area contributed by atoms with E-state index in [0.29, 0.717) is 29.0 Å². The van der Waals surface area contributed by atoms with Crippen molar-refractivity contribution in [3.05, 3.63) is 95.1 Å². The van der Waals surface area contributed by atoms with Crippen molar-refractivity contribution in [2.45, 2.75) is 52.6 Å². The number of nitrogens with one attached hydrogen (secondary N) is 1. The van der Waals surface area contributed by atoms with Gasteiger partial charge in [-0.2, -0.15) is 0 Å². The zero-order valence-electron chi connectivity index (χ0n) is 19.4. The highest BCUT2D eigenvalue weighted by Gasteiger charge is 2.20. The first-order chi connectivity index (χ1) is 15.2. The summed E-state index contributed by atoms with van der Waals surface area (Å²) in [6, 6.07) is 22.3. The molecule has 0 radical (unpaired) electrons. The summed E-state index contributed by atoms with van der Waals surface area (Å²) in [4.78, 5) is 25.8. The lowest BCUT2D eigenvalue weighted by Gasteiger charge is -2.19. The molecule has 0 bridgehead atoms. The number of carbonyl (C=O) groups is 2. The Morgan fingerprint density at radius 1 is 0.906 bits per heavy atom. The normalized spacial score (nSPS) is 12.2. The lowest BCUT2D eigenvalue weighted by molar-refractivity contribution is -0.122. The van der Waals surface area contributed by atoms with Crippen LogP contribution in [-0.2, 0) is 10.2 Å². The van der Waals surface area contributed by atoms with Gasteiger partial charge < -0.3 is 10.1 Å². The predicted octanol–water partition coefficient (Wildman–Crippen LogP) is 6.32. The average Bonchev–Trinajstić information content (AvgIpc) is 2.77. The van der Waals surface area contributed by atoms with Crippen LogP contribution in [0.1, 0.15) is 61.2 Å². The lowest BCUT2D eigenvalue weighted by atomic mass is 9.86. The number of hydrogen-bond acceptors (Lipinski definition) is 3. The van der Waals surface area contributed by atoms with E-state index in [-0.39, 0.29) is 17.1 Å². The zero-order valence-corrected chi connectivity index (χ0v) is 19.4. The van der Waals surface area contributed by atoms with E-state index in [1.165, 1.54) is 5.56 Å². The number of ether oxygens (including phenoxy) is 1. The highest BCUT2D eigenvalue weighted by Crippen LogP contribution is 2.24. The Balaban J connectivity index is 1.73. The molecule has 3 rings (SSSR count). The molecule has 0 fully saturated rings.